The van der Waals surface area contributed by atoms with E-state index in [-0.39, 0.29) is 11.2 Å². The predicted molar refractivity (Wildman–Crippen MR) is 185 cm³/mol. The molecule has 4 bridgehead atoms. The van der Waals surface area contributed by atoms with Crippen molar-refractivity contribution in [2.24, 2.45) is 47.3 Å². The number of hydrogen-bond acceptors (Lipinski definition) is 5. The molecule has 0 aromatic carbocycles. The number of allylic oxidation sites excluding steroid dienone is 6. The van der Waals surface area contributed by atoms with Crippen LogP contribution in [-0.4, -0.2) is 63.6 Å². The average molecular weight is 605 g/mol. The topological polar surface area (TPSA) is 57.4 Å². The number of nitrogens with one attached hydrogen (secondary N) is 4. The molecule has 0 spiro atoms. The van der Waals surface area contributed by atoms with Gasteiger partial charge in [0.25, 0.3) is 0 Å². The second kappa shape index (κ2) is 13.9. The van der Waals surface area contributed by atoms with Crippen LogP contribution in [-0.2, 0) is 4.74 Å². The van der Waals surface area contributed by atoms with E-state index in [1.165, 1.54) is 48.0 Å². The molecule has 10 unspecified atom stereocenters. The lowest BCUT2D eigenvalue weighted by Crippen LogP contribution is -2.52. The van der Waals surface area contributed by atoms with E-state index in [0.29, 0.717) is 0 Å². The van der Waals surface area contributed by atoms with Gasteiger partial charge in [-0.2, -0.15) is 0 Å². The molecule has 7 aliphatic rings. The van der Waals surface area contributed by atoms with Gasteiger partial charge in [0, 0.05) is 39.3 Å². The van der Waals surface area contributed by atoms with Crippen LogP contribution in [0.15, 0.2) is 46.6 Å². The van der Waals surface area contributed by atoms with Crippen LogP contribution in [0.25, 0.3) is 0 Å². The molecule has 0 aromatic heterocycles. The summed E-state index contributed by atoms with van der Waals surface area (Å²) >= 11 is 0. The fourth-order valence-electron chi connectivity index (χ4n) is 11.5. The van der Waals surface area contributed by atoms with E-state index in [9.17, 15) is 0 Å². The monoisotopic (exact) mass is 605 g/mol. The predicted octanol–water partition coefficient (Wildman–Crippen LogP) is 6.41. The first-order chi connectivity index (χ1) is 21.3. The van der Waals surface area contributed by atoms with Crippen LogP contribution in [0.2, 0.25) is 0 Å². The van der Waals surface area contributed by atoms with Crippen LogP contribution in [0.1, 0.15) is 86.5 Å². The van der Waals surface area contributed by atoms with E-state index in [2.05, 4.69) is 87.1 Å². The van der Waals surface area contributed by atoms with Crippen molar-refractivity contribution in [2.75, 3.05) is 52.4 Å². The van der Waals surface area contributed by atoms with Crippen LogP contribution in [0.5, 0.6) is 0 Å². The van der Waals surface area contributed by atoms with Gasteiger partial charge in [-0.1, -0.05) is 46.6 Å². The van der Waals surface area contributed by atoms with E-state index in [1.54, 1.807) is 6.42 Å². The summed E-state index contributed by atoms with van der Waals surface area (Å²) in [5.74, 6) is 7.60. The molecule has 0 radical (unpaired) electrons. The molecule has 44 heavy (non-hydrogen) atoms. The standard InChI is InChI=1S/C39H64N4O/c1-26(2)9-7-11-28(5)13-17-40-21-23-42-19-15-38-34-30-25-31-33-32(30)36(38)37(33)39(44-38,35(31)34)16-20-43-24-22-41-18-14-29(6)12-8-10-27(3)4/h9-10,13-14,30-37,40-43H,7-8,11-12,15-25H2,1-6H3/b28-13+,29-14+. The SMILES string of the molecule is CC(C)=CCC/C(C)=C/CNCCNCCC12OC3(CCNCCNC/C=C(\C)CCC=C(C)C)C4C5CC(C6C5C3C61)C42. The highest BCUT2D eigenvalue weighted by Crippen LogP contribution is 2.93. The second-order valence-corrected chi connectivity index (χ2v) is 16.0. The van der Waals surface area contributed by atoms with Gasteiger partial charge in [0.1, 0.15) is 0 Å². The quantitative estimate of drug-likeness (QED) is 0.0851. The lowest BCUT2D eigenvalue weighted by molar-refractivity contribution is -0.0787. The molecular formula is C39H64N4O. The lowest BCUT2D eigenvalue weighted by Gasteiger charge is -2.48. The Kier molecular flexibility index (Phi) is 10.3. The van der Waals surface area contributed by atoms with Gasteiger partial charge in [-0.15, -0.1) is 0 Å². The van der Waals surface area contributed by atoms with Crippen molar-refractivity contribution >= 4 is 0 Å². The third kappa shape index (κ3) is 5.87. The normalized spacial score (nSPS) is 38.3. The molecule has 0 aromatic rings. The largest absolute Gasteiger partial charge is 0.367 e. The van der Waals surface area contributed by atoms with Gasteiger partial charge < -0.3 is 26.0 Å². The molecule has 7 fully saturated rings. The molecule has 0 amide bonds. The molecule has 7 rings (SSSR count). The third-order valence-electron chi connectivity index (χ3n) is 12.9. The molecule has 5 nitrogen and oxygen atoms in total. The molecular weight excluding hydrogens is 540 g/mol. The van der Waals surface area contributed by atoms with Crippen molar-refractivity contribution in [3.63, 3.8) is 0 Å². The highest BCUT2D eigenvalue weighted by molar-refractivity contribution is 5.43. The molecule has 5 aliphatic carbocycles. The molecule has 5 heteroatoms. The first-order valence-corrected chi connectivity index (χ1v) is 18.4. The summed E-state index contributed by atoms with van der Waals surface area (Å²) in [7, 11) is 0. The van der Waals surface area contributed by atoms with Crippen molar-refractivity contribution in [1.82, 2.24) is 21.3 Å². The Morgan fingerprint density at radius 3 is 1.43 bits per heavy atom. The second-order valence-electron chi connectivity index (χ2n) is 16.0. The van der Waals surface area contributed by atoms with Crippen molar-refractivity contribution in [1.29, 1.82) is 0 Å². The van der Waals surface area contributed by atoms with E-state index in [1.807, 2.05) is 0 Å². The summed E-state index contributed by atoms with van der Waals surface area (Å²) in [5, 5.41) is 14.8. The van der Waals surface area contributed by atoms with Crippen molar-refractivity contribution < 1.29 is 4.74 Å². The van der Waals surface area contributed by atoms with E-state index in [0.717, 1.165) is 113 Å². The van der Waals surface area contributed by atoms with Crippen LogP contribution in [0, 0.1) is 47.3 Å². The third-order valence-corrected chi connectivity index (χ3v) is 12.9. The van der Waals surface area contributed by atoms with Gasteiger partial charge >= 0.3 is 0 Å². The highest BCUT2D eigenvalue weighted by atomic mass is 16.5. The molecule has 2 heterocycles. The zero-order valence-electron chi connectivity index (χ0n) is 28.9. The lowest BCUT2D eigenvalue weighted by atomic mass is 9.54. The zero-order chi connectivity index (χ0) is 30.9. The van der Waals surface area contributed by atoms with E-state index < -0.39 is 0 Å². The van der Waals surface area contributed by atoms with Crippen molar-refractivity contribution in [2.45, 2.75) is 97.7 Å². The smallest absolute Gasteiger partial charge is 0.0771 e. The minimum atomic E-state index is 0.218. The fraction of sp³-hybridized carbons (Fsp3) is 0.795. The Bertz CT molecular complexity index is 1040. The molecule has 5 saturated carbocycles. The van der Waals surface area contributed by atoms with Crippen LogP contribution in [0.3, 0.4) is 0 Å². The maximum atomic E-state index is 7.45. The minimum absolute atomic E-state index is 0.218. The Labute approximate surface area is 269 Å². The Balaban J connectivity index is 0.886. The first-order valence-electron chi connectivity index (χ1n) is 18.4. The minimum Gasteiger partial charge on any atom is -0.367 e. The highest BCUT2D eigenvalue weighted by Gasteiger charge is 2.96. The number of ether oxygens (including phenoxy) is 1. The van der Waals surface area contributed by atoms with Gasteiger partial charge in [0.05, 0.1) is 11.2 Å². The summed E-state index contributed by atoms with van der Waals surface area (Å²) < 4.78 is 7.45. The average Bonchev–Trinajstić information content (AvgIpc) is 3.64. The van der Waals surface area contributed by atoms with Gasteiger partial charge in [0.2, 0.25) is 0 Å². The van der Waals surface area contributed by atoms with Crippen molar-refractivity contribution in [3.05, 3.63) is 46.6 Å². The Morgan fingerprint density at radius 1 is 0.568 bits per heavy atom. The summed E-state index contributed by atoms with van der Waals surface area (Å²) in [6.07, 6.45) is 18.1. The Morgan fingerprint density at radius 2 is 1.00 bits per heavy atom. The molecule has 2 aliphatic heterocycles. The van der Waals surface area contributed by atoms with Gasteiger partial charge in [-0.05, 0) is 147 Å². The molecule has 10 atom stereocenters. The van der Waals surface area contributed by atoms with Crippen LogP contribution >= 0.6 is 0 Å². The number of rotatable bonds is 22. The van der Waals surface area contributed by atoms with Gasteiger partial charge in [-0.3, -0.25) is 0 Å². The summed E-state index contributed by atoms with van der Waals surface area (Å²) in [6.45, 7) is 21.6. The van der Waals surface area contributed by atoms with Gasteiger partial charge in [-0.25, -0.2) is 0 Å². The maximum absolute atomic E-state index is 7.45. The summed E-state index contributed by atoms with van der Waals surface area (Å²) in [4.78, 5) is 0. The first kappa shape index (κ1) is 32.7. The number of hydrogen-bond donors (Lipinski definition) is 4. The summed E-state index contributed by atoms with van der Waals surface area (Å²) in [5.41, 5.74) is 6.26. The zero-order valence-corrected chi connectivity index (χ0v) is 28.9. The molecule has 2 saturated heterocycles. The maximum Gasteiger partial charge on any atom is 0.0771 e. The van der Waals surface area contributed by atoms with Crippen LogP contribution < -0.4 is 21.3 Å². The van der Waals surface area contributed by atoms with Gasteiger partial charge in [0.15, 0.2) is 0 Å². The molecule has 246 valence electrons. The Hall–Kier alpha value is -1.24. The van der Waals surface area contributed by atoms with Crippen molar-refractivity contribution in [3.8, 4) is 0 Å². The van der Waals surface area contributed by atoms with E-state index in [4.69, 9.17) is 4.74 Å². The molecule has 4 N–H and O–H groups in total. The van der Waals surface area contributed by atoms with Crippen LogP contribution in [0.4, 0.5) is 0 Å². The summed E-state index contributed by atoms with van der Waals surface area (Å²) in [6, 6.07) is 0. The fourth-order valence-corrected chi connectivity index (χ4v) is 11.5. The van der Waals surface area contributed by atoms with E-state index >= 15 is 0 Å².